The molecule has 176 valence electrons. The van der Waals surface area contributed by atoms with Crippen molar-refractivity contribution in [2.24, 2.45) is 0 Å². The van der Waals surface area contributed by atoms with Gasteiger partial charge in [-0.3, -0.25) is 14.5 Å². The monoisotopic (exact) mass is 465 g/mol. The van der Waals surface area contributed by atoms with Gasteiger partial charge >= 0.3 is 0 Å². The predicted molar refractivity (Wildman–Crippen MR) is 122 cm³/mol. The van der Waals surface area contributed by atoms with Gasteiger partial charge in [0.05, 0.1) is 12.1 Å². The Kier molecular flexibility index (Phi) is 6.98. The molecule has 0 fully saturated rings. The number of aromatic nitrogens is 3. The number of halogens is 1. The first kappa shape index (κ1) is 23.1. The molecule has 4 rings (SSSR count). The fraction of sp³-hybridized carbons (Fsp3) is 0.250. The van der Waals surface area contributed by atoms with Crippen molar-refractivity contribution in [2.45, 2.75) is 19.5 Å². The van der Waals surface area contributed by atoms with Crippen molar-refractivity contribution >= 4 is 28.5 Å². The minimum atomic E-state index is -1.19. The van der Waals surface area contributed by atoms with Gasteiger partial charge in [-0.25, -0.2) is 9.07 Å². The second-order valence-corrected chi connectivity index (χ2v) is 7.61. The van der Waals surface area contributed by atoms with E-state index < -0.39 is 23.7 Å². The van der Waals surface area contributed by atoms with E-state index in [0.29, 0.717) is 16.8 Å². The number of para-hydroxylation sites is 1. The summed E-state index contributed by atoms with van der Waals surface area (Å²) in [7, 11) is 1.52. The minimum Gasteiger partial charge on any atom is -0.464 e. The highest BCUT2D eigenvalue weighted by molar-refractivity contribution is 6.01. The first-order valence-corrected chi connectivity index (χ1v) is 10.7. The number of benzene rings is 2. The molecule has 9 nitrogen and oxygen atoms in total. The third kappa shape index (κ3) is 4.96. The lowest BCUT2D eigenvalue weighted by molar-refractivity contribution is -0.127. The van der Waals surface area contributed by atoms with E-state index in [9.17, 15) is 14.0 Å². The lowest BCUT2D eigenvalue weighted by Gasteiger charge is -2.30. The summed E-state index contributed by atoms with van der Waals surface area (Å²) in [6.45, 7) is 2.02. The van der Waals surface area contributed by atoms with Gasteiger partial charge < -0.3 is 14.5 Å². The molecule has 2 aromatic carbocycles. The van der Waals surface area contributed by atoms with Crippen LogP contribution in [0.1, 0.15) is 17.6 Å². The first-order chi connectivity index (χ1) is 16.5. The largest absolute Gasteiger partial charge is 0.464 e. The second kappa shape index (κ2) is 10.3. The van der Waals surface area contributed by atoms with Gasteiger partial charge in [0, 0.05) is 19.3 Å². The first-order valence-electron chi connectivity index (χ1n) is 10.7. The normalized spacial score (nSPS) is 12.0. The van der Waals surface area contributed by atoms with Crippen LogP contribution >= 0.6 is 0 Å². The number of furan rings is 1. The maximum Gasteiger partial charge on any atom is 0.251 e. The van der Waals surface area contributed by atoms with Crippen LogP contribution in [0.3, 0.4) is 0 Å². The maximum atomic E-state index is 14.2. The van der Waals surface area contributed by atoms with Crippen molar-refractivity contribution in [1.82, 2.24) is 20.3 Å². The summed E-state index contributed by atoms with van der Waals surface area (Å²) in [6.07, 6.45) is 0. The molecule has 10 heteroatoms. The lowest BCUT2D eigenvalue weighted by Crippen LogP contribution is -2.45. The van der Waals surface area contributed by atoms with Crippen LogP contribution in [0.4, 0.5) is 10.1 Å². The van der Waals surface area contributed by atoms with Crippen molar-refractivity contribution in [3.05, 3.63) is 78.0 Å². The fourth-order valence-corrected chi connectivity index (χ4v) is 3.65. The Labute approximate surface area is 195 Å². The number of carbonyl (C=O) groups excluding carboxylic acids is 2. The lowest BCUT2D eigenvalue weighted by atomic mass is 10.1. The summed E-state index contributed by atoms with van der Waals surface area (Å²) in [6, 6.07) is 14.8. The molecule has 4 aromatic rings. The molecule has 1 N–H and O–H groups in total. The Hall–Kier alpha value is -4.05. The van der Waals surface area contributed by atoms with Crippen LogP contribution in [-0.4, -0.2) is 47.1 Å². The van der Waals surface area contributed by atoms with Crippen LogP contribution in [0, 0.1) is 12.7 Å². The van der Waals surface area contributed by atoms with E-state index in [1.54, 1.807) is 37.3 Å². The van der Waals surface area contributed by atoms with E-state index in [4.69, 9.17) is 9.15 Å². The maximum absolute atomic E-state index is 14.2. The number of fused-ring (bicyclic) bond motifs is 1. The van der Waals surface area contributed by atoms with Gasteiger partial charge in [-0.05, 0) is 49.4 Å². The molecule has 0 saturated heterocycles. The number of hydrogen-bond acceptors (Lipinski definition) is 6. The van der Waals surface area contributed by atoms with Crippen molar-refractivity contribution in [2.75, 3.05) is 25.2 Å². The number of ether oxygens (including phenoxy) is 1. The fourth-order valence-electron chi connectivity index (χ4n) is 3.65. The van der Waals surface area contributed by atoms with E-state index in [2.05, 4.69) is 15.6 Å². The van der Waals surface area contributed by atoms with E-state index in [1.807, 2.05) is 12.1 Å². The molecular formula is C24H24FN5O4. The van der Waals surface area contributed by atoms with Crippen LogP contribution in [0.2, 0.25) is 0 Å². The summed E-state index contributed by atoms with van der Waals surface area (Å²) in [5.41, 5.74) is 1.49. The Bertz CT molecular complexity index is 1300. The Morgan fingerprint density at radius 1 is 1.18 bits per heavy atom. The zero-order valence-corrected chi connectivity index (χ0v) is 18.8. The summed E-state index contributed by atoms with van der Waals surface area (Å²) >= 11 is 0. The van der Waals surface area contributed by atoms with E-state index in [1.165, 1.54) is 34.9 Å². The number of methoxy groups -OCH3 is 1. The van der Waals surface area contributed by atoms with Gasteiger partial charge in [-0.1, -0.05) is 23.4 Å². The molecule has 0 saturated carbocycles. The average Bonchev–Trinajstić information content (AvgIpc) is 3.43. The van der Waals surface area contributed by atoms with Crippen LogP contribution in [-0.2, 0) is 20.9 Å². The van der Waals surface area contributed by atoms with Gasteiger partial charge in [0.1, 0.15) is 29.4 Å². The summed E-state index contributed by atoms with van der Waals surface area (Å²) in [5, 5.41) is 10.9. The minimum absolute atomic E-state index is 0.204. The summed E-state index contributed by atoms with van der Waals surface area (Å²) in [4.78, 5) is 28.2. The molecule has 34 heavy (non-hydrogen) atoms. The highest BCUT2D eigenvalue weighted by atomic mass is 19.1. The zero-order chi connectivity index (χ0) is 24.1. The molecule has 0 aliphatic heterocycles. The highest BCUT2D eigenvalue weighted by Gasteiger charge is 2.35. The summed E-state index contributed by atoms with van der Waals surface area (Å²) in [5.74, 6) is -0.725. The van der Waals surface area contributed by atoms with Crippen LogP contribution < -0.4 is 10.2 Å². The van der Waals surface area contributed by atoms with Gasteiger partial charge in [0.2, 0.25) is 5.91 Å². The topological polar surface area (TPSA) is 102 Å². The molecule has 0 radical (unpaired) electrons. The van der Waals surface area contributed by atoms with E-state index in [-0.39, 0.29) is 31.1 Å². The smallest absolute Gasteiger partial charge is 0.251 e. The number of rotatable bonds is 9. The van der Waals surface area contributed by atoms with Crippen LogP contribution in [0.25, 0.3) is 11.0 Å². The van der Waals surface area contributed by atoms with Gasteiger partial charge in [-0.2, -0.15) is 0 Å². The molecule has 0 aliphatic rings. The van der Waals surface area contributed by atoms with Crippen LogP contribution in [0.5, 0.6) is 0 Å². The molecule has 2 aromatic heterocycles. The van der Waals surface area contributed by atoms with Crippen LogP contribution in [0.15, 0.2) is 65.1 Å². The Morgan fingerprint density at radius 3 is 2.74 bits per heavy atom. The van der Waals surface area contributed by atoms with Crippen molar-refractivity contribution < 1.29 is 23.1 Å². The number of amides is 2. The summed E-state index contributed by atoms with van der Waals surface area (Å²) < 4.78 is 26.4. The van der Waals surface area contributed by atoms with Gasteiger partial charge in [-0.15, -0.1) is 5.10 Å². The molecule has 0 aliphatic carbocycles. The van der Waals surface area contributed by atoms with Gasteiger partial charge in [0.15, 0.2) is 6.04 Å². The van der Waals surface area contributed by atoms with Crippen molar-refractivity contribution in [1.29, 1.82) is 0 Å². The van der Waals surface area contributed by atoms with Gasteiger partial charge in [0.25, 0.3) is 5.91 Å². The van der Waals surface area contributed by atoms with Crippen molar-refractivity contribution in [3.63, 3.8) is 0 Å². The van der Waals surface area contributed by atoms with E-state index >= 15 is 0 Å². The number of carbonyl (C=O) groups is 2. The SMILES string of the molecule is COCCNC(=O)[C@@H](c1ccc(C)o1)N(C(=O)Cn1nnc2ccccc21)c1cccc(F)c1. The molecule has 2 heterocycles. The van der Waals surface area contributed by atoms with E-state index in [0.717, 1.165) is 0 Å². The molecule has 1 atom stereocenters. The third-order valence-corrected chi connectivity index (χ3v) is 5.20. The Morgan fingerprint density at radius 2 is 2.00 bits per heavy atom. The molecular weight excluding hydrogens is 441 g/mol. The molecule has 0 bridgehead atoms. The molecule has 0 spiro atoms. The number of aryl methyl sites for hydroxylation is 1. The quantitative estimate of drug-likeness (QED) is 0.381. The predicted octanol–water partition coefficient (Wildman–Crippen LogP) is 3.01. The zero-order valence-electron chi connectivity index (χ0n) is 18.8. The van der Waals surface area contributed by atoms with Crippen molar-refractivity contribution in [3.8, 4) is 0 Å². The standard InChI is InChI=1S/C24H24FN5O4/c1-16-10-11-21(34-16)23(24(32)26-12-13-33-2)30(18-7-5-6-17(25)14-18)22(31)15-29-20-9-4-3-8-19(20)27-28-29/h3-11,14,23H,12-13,15H2,1-2H3,(H,26,32)/t23-/m1/s1. The number of hydrogen-bond donors (Lipinski definition) is 1. The number of nitrogens with zero attached hydrogens (tertiary/aromatic N) is 4. The number of nitrogens with one attached hydrogen (secondary N) is 1. The Balaban J connectivity index is 1.76. The molecule has 2 amide bonds. The highest BCUT2D eigenvalue weighted by Crippen LogP contribution is 2.30. The molecule has 0 unspecified atom stereocenters. The third-order valence-electron chi connectivity index (χ3n) is 5.20. The average molecular weight is 465 g/mol. The number of anilines is 1. The second-order valence-electron chi connectivity index (χ2n) is 7.61.